The number of oxime groups is 1. The second-order valence-corrected chi connectivity index (χ2v) is 4.33. The normalized spacial score (nSPS) is 11.1. The average Bonchev–Trinajstić information content (AvgIpc) is 2.94. The summed E-state index contributed by atoms with van der Waals surface area (Å²) in [5.41, 5.74) is 2.40. The first-order valence-electron chi connectivity index (χ1n) is 6.49. The SMILES string of the molecule is COc1ccccc1/C=N\OCc1nc2ccccc2o1. The largest absolute Gasteiger partial charge is 0.496 e. The summed E-state index contributed by atoms with van der Waals surface area (Å²) < 4.78 is 10.8. The van der Waals surface area contributed by atoms with E-state index in [-0.39, 0.29) is 6.61 Å². The number of benzene rings is 2. The molecule has 0 bridgehead atoms. The molecular weight excluding hydrogens is 268 g/mol. The molecule has 0 unspecified atom stereocenters. The maximum Gasteiger partial charge on any atom is 0.236 e. The van der Waals surface area contributed by atoms with E-state index in [9.17, 15) is 0 Å². The Morgan fingerprint density at radius 2 is 1.95 bits per heavy atom. The average molecular weight is 282 g/mol. The molecule has 2 aromatic carbocycles. The van der Waals surface area contributed by atoms with Gasteiger partial charge in [-0.15, -0.1) is 0 Å². The lowest BCUT2D eigenvalue weighted by Gasteiger charge is -2.02. The first-order chi connectivity index (χ1) is 10.4. The Morgan fingerprint density at radius 1 is 1.14 bits per heavy atom. The Kier molecular flexibility index (Phi) is 3.82. The summed E-state index contributed by atoms with van der Waals surface area (Å²) in [4.78, 5) is 9.51. The van der Waals surface area contributed by atoms with Crippen molar-refractivity contribution < 1.29 is 14.0 Å². The van der Waals surface area contributed by atoms with Crippen LogP contribution in [0.3, 0.4) is 0 Å². The molecule has 21 heavy (non-hydrogen) atoms. The maximum atomic E-state index is 5.53. The van der Waals surface area contributed by atoms with Crippen LogP contribution in [0.2, 0.25) is 0 Å². The van der Waals surface area contributed by atoms with Gasteiger partial charge in [-0.05, 0) is 24.3 Å². The molecule has 0 spiro atoms. The van der Waals surface area contributed by atoms with Crippen LogP contribution in [-0.4, -0.2) is 18.3 Å². The third-order valence-corrected chi connectivity index (χ3v) is 2.93. The van der Waals surface area contributed by atoms with E-state index in [0.717, 1.165) is 22.4 Å². The smallest absolute Gasteiger partial charge is 0.236 e. The molecule has 0 N–H and O–H groups in total. The summed E-state index contributed by atoms with van der Waals surface area (Å²) in [5.74, 6) is 1.24. The zero-order chi connectivity index (χ0) is 14.5. The fourth-order valence-electron chi connectivity index (χ4n) is 1.94. The molecule has 3 rings (SSSR count). The van der Waals surface area contributed by atoms with Crippen molar-refractivity contribution in [3.05, 3.63) is 60.0 Å². The van der Waals surface area contributed by atoms with Gasteiger partial charge in [0.15, 0.2) is 12.2 Å². The Morgan fingerprint density at radius 3 is 2.81 bits per heavy atom. The molecule has 0 saturated heterocycles. The van der Waals surface area contributed by atoms with Gasteiger partial charge in [0.25, 0.3) is 0 Å². The van der Waals surface area contributed by atoms with Crippen molar-refractivity contribution in [2.45, 2.75) is 6.61 Å². The van der Waals surface area contributed by atoms with Gasteiger partial charge in [-0.2, -0.15) is 0 Å². The van der Waals surface area contributed by atoms with Crippen LogP contribution in [-0.2, 0) is 11.4 Å². The second kappa shape index (κ2) is 6.09. The predicted octanol–water partition coefficient (Wildman–Crippen LogP) is 3.39. The van der Waals surface area contributed by atoms with Gasteiger partial charge in [-0.3, -0.25) is 0 Å². The van der Waals surface area contributed by atoms with E-state index < -0.39 is 0 Å². The minimum Gasteiger partial charge on any atom is -0.496 e. The number of ether oxygens (including phenoxy) is 1. The van der Waals surface area contributed by atoms with Gasteiger partial charge in [0.05, 0.1) is 13.3 Å². The Balaban J connectivity index is 1.64. The van der Waals surface area contributed by atoms with E-state index in [1.54, 1.807) is 13.3 Å². The molecule has 1 aromatic heterocycles. The zero-order valence-corrected chi connectivity index (χ0v) is 11.5. The maximum absolute atomic E-state index is 5.53. The highest BCUT2D eigenvalue weighted by atomic mass is 16.6. The highest BCUT2D eigenvalue weighted by molar-refractivity contribution is 5.83. The lowest BCUT2D eigenvalue weighted by atomic mass is 10.2. The molecule has 0 saturated carbocycles. The molecule has 0 aliphatic heterocycles. The van der Waals surface area contributed by atoms with E-state index >= 15 is 0 Å². The Labute approximate surface area is 121 Å². The summed E-state index contributed by atoms with van der Waals surface area (Å²) in [7, 11) is 1.62. The topological polar surface area (TPSA) is 56.9 Å². The molecular formula is C16H14N2O3. The molecule has 3 aromatic rings. The lowest BCUT2D eigenvalue weighted by Crippen LogP contribution is -1.91. The van der Waals surface area contributed by atoms with Crippen molar-refractivity contribution in [2.24, 2.45) is 5.16 Å². The van der Waals surface area contributed by atoms with Crippen molar-refractivity contribution in [3.63, 3.8) is 0 Å². The summed E-state index contributed by atoms with van der Waals surface area (Å²) in [6.07, 6.45) is 1.60. The van der Waals surface area contributed by atoms with Gasteiger partial charge in [-0.25, -0.2) is 4.98 Å². The second-order valence-electron chi connectivity index (χ2n) is 4.33. The molecule has 0 fully saturated rings. The Hall–Kier alpha value is -2.82. The fraction of sp³-hybridized carbons (Fsp3) is 0.125. The van der Waals surface area contributed by atoms with Crippen LogP contribution in [0, 0.1) is 0 Å². The molecule has 5 heteroatoms. The molecule has 1 heterocycles. The predicted molar refractivity (Wildman–Crippen MR) is 79.4 cm³/mol. The fourth-order valence-corrected chi connectivity index (χ4v) is 1.94. The number of hydrogen-bond acceptors (Lipinski definition) is 5. The van der Waals surface area contributed by atoms with Gasteiger partial charge >= 0.3 is 0 Å². The van der Waals surface area contributed by atoms with E-state index in [4.69, 9.17) is 14.0 Å². The van der Waals surface area contributed by atoms with E-state index in [0.29, 0.717) is 5.89 Å². The molecule has 0 radical (unpaired) electrons. The number of nitrogens with zero attached hydrogens (tertiary/aromatic N) is 2. The molecule has 5 nitrogen and oxygen atoms in total. The number of rotatable bonds is 5. The summed E-state index contributed by atoms with van der Waals surface area (Å²) in [6.45, 7) is 0.181. The summed E-state index contributed by atoms with van der Waals surface area (Å²) >= 11 is 0. The van der Waals surface area contributed by atoms with Crippen molar-refractivity contribution in [1.29, 1.82) is 0 Å². The van der Waals surface area contributed by atoms with Crippen molar-refractivity contribution in [1.82, 2.24) is 4.98 Å². The minimum absolute atomic E-state index is 0.181. The molecule has 106 valence electrons. The quantitative estimate of drug-likeness (QED) is 0.531. The van der Waals surface area contributed by atoms with E-state index in [2.05, 4.69) is 10.1 Å². The monoisotopic (exact) mass is 282 g/mol. The Bertz CT molecular complexity index is 732. The zero-order valence-electron chi connectivity index (χ0n) is 11.5. The molecule has 0 amide bonds. The van der Waals surface area contributed by atoms with Crippen molar-refractivity contribution >= 4 is 17.3 Å². The highest BCUT2D eigenvalue weighted by Crippen LogP contribution is 2.16. The van der Waals surface area contributed by atoms with Crippen molar-refractivity contribution in [2.75, 3.05) is 7.11 Å². The minimum atomic E-state index is 0.181. The van der Waals surface area contributed by atoms with Crippen LogP contribution in [0.4, 0.5) is 0 Å². The number of oxazole rings is 1. The van der Waals surface area contributed by atoms with E-state index in [1.165, 1.54) is 0 Å². The van der Waals surface area contributed by atoms with Crippen LogP contribution in [0.15, 0.2) is 58.1 Å². The lowest BCUT2D eigenvalue weighted by molar-refractivity contribution is 0.113. The summed E-state index contributed by atoms with van der Waals surface area (Å²) in [5, 5.41) is 3.91. The first kappa shape index (κ1) is 13.2. The number of para-hydroxylation sites is 3. The number of fused-ring (bicyclic) bond motifs is 1. The third kappa shape index (κ3) is 3.02. The highest BCUT2D eigenvalue weighted by Gasteiger charge is 2.04. The molecule has 0 aliphatic rings. The third-order valence-electron chi connectivity index (χ3n) is 2.93. The van der Waals surface area contributed by atoms with Gasteiger partial charge in [-0.1, -0.05) is 29.4 Å². The van der Waals surface area contributed by atoms with Crippen LogP contribution in [0.1, 0.15) is 11.5 Å². The van der Waals surface area contributed by atoms with Crippen LogP contribution in [0.25, 0.3) is 11.1 Å². The first-order valence-corrected chi connectivity index (χ1v) is 6.49. The number of methoxy groups -OCH3 is 1. The number of aromatic nitrogens is 1. The van der Waals surface area contributed by atoms with E-state index in [1.807, 2.05) is 48.5 Å². The molecule has 0 atom stereocenters. The standard InChI is InChI=1S/C16H14N2O3/c1-19-14-8-4-2-6-12(14)10-17-20-11-16-18-13-7-3-5-9-15(13)21-16/h2-10H,11H2,1H3/b17-10-. The van der Waals surface area contributed by atoms with Crippen LogP contribution in [0.5, 0.6) is 5.75 Å². The number of hydrogen-bond donors (Lipinski definition) is 0. The summed E-state index contributed by atoms with van der Waals surface area (Å²) in [6, 6.07) is 15.1. The van der Waals surface area contributed by atoms with Crippen LogP contribution >= 0.6 is 0 Å². The van der Waals surface area contributed by atoms with Gasteiger partial charge < -0.3 is 14.0 Å². The van der Waals surface area contributed by atoms with Crippen LogP contribution < -0.4 is 4.74 Å². The van der Waals surface area contributed by atoms with Crippen molar-refractivity contribution in [3.8, 4) is 5.75 Å². The van der Waals surface area contributed by atoms with Gasteiger partial charge in [0.2, 0.25) is 5.89 Å². The molecule has 0 aliphatic carbocycles. The van der Waals surface area contributed by atoms with Gasteiger partial charge in [0, 0.05) is 5.56 Å². The van der Waals surface area contributed by atoms with Gasteiger partial charge in [0.1, 0.15) is 11.3 Å².